The van der Waals surface area contributed by atoms with E-state index in [0.717, 1.165) is 23.7 Å². The van der Waals surface area contributed by atoms with Crippen molar-refractivity contribution in [2.75, 3.05) is 6.61 Å². The van der Waals surface area contributed by atoms with E-state index in [4.69, 9.17) is 4.74 Å². The van der Waals surface area contributed by atoms with Gasteiger partial charge in [-0.15, -0.1) is 0 Å². The summed E-state index contributed by atoms with van der Waals surface area (Å²) in [6, 6.07) is 4.54. The summed E-state index contributed by atoms with van der Waals surface area (Å²) in [6.07, 6.45) is 3.68. The minimum atomic E-state index is -0.236. The molecule has 0 aliphatic rings. The van der Waals surface area contributed by atoms with Gasteiger partial charge in [0.25, 0.3) is 0 Å². The van der Waals surface area contributed by atoms with Crippen LogP contribution in [-0.4, -0.2) is 16.2 Å². The van der Waals surface area contributed by atoms with Crippen LogP contribution < -0.4 is 4.74 Å². The van der Waals surface area contributed by atoms with Crippen LogP contribution in [0.4, 0.5) is 4.39 Å². The topological polar surface area (TPSA) is 27.1 Å². The van der Waals surface area contributed by atoms with Gasteiger partial charge in [0.15, 0.2) is 0 Å². The van der Waals surface area contributed by atoms with Crippen molar-refractivity contribution in [1.82, 2.24) is 9.55 Å². The fourth-order valence-electron chi connectivity index (χ4n) is 1.67. The molecule has 0 aliphatic heterocycles. The molecular weight excluding hydrogens is 219 g/mol. The summed E-state index contributed by atoms with van der Waals surface area (Å²) in [5, 5.41) is 0. The van der Waals surface area contributed by atoms with Gasteiger partial charge in [0.2, 0.25) is 0 Å². The Kier molecular flexibility index (Phi) is 3.42. The molecule has 1 aromatic carbocycles. The first-order chi connectivity index (χ1) is 8.16. The monoisotopic (exact) mass is 234 g/mol. The average molecular weight is 234 g/mol. The summed E-state index contributed by atoms with van der Waals surface area (Å²) in [6.45, 7) is 5.07. The summed E-state index contributed by atoms with van der Waals surface area (Å²) in [7, 11) is 0. The van der Waals surface area contributed by atoms with E-state index in [2.05, 4.69) is 4.98 Å². The number of hydrogen-bond acceptors (Lipinski definition) is 2. The van der Waals surface area contributed by atoms with Crippen LogP contribution >= 0.6 is 0 Å². The quantitative estimate of drug-likeness (QED) is 0.813. The molecule has 0 N–H and O–H groups in total. The molecule has 0 fully saturated rings. The molecule has 0 radical (unpaired) electrons. The third-order valence-electron chi connectivity index (χ3n) is 2.65. The van der Waals surface area contributed by atoms with E-state index in [9.17, 15) is 4.39 Å². The Morgan fingerprint density at radius 3 is 2.82 bits per heavy atom. The van der Waals surface area contributed by atoms with Gasteiger partial charge in [-0.05, 0) is 37.6 Å². The Balaban J connectivity index is 1.92. The minimum absolute atomic E-state index is 0.236. The second kappa shape index (κ2) is 4.99. The normalized spacial score (nSPS) is 10.5. The molecule has 0 unspecified atom stereocenters. The van der Waals surface area contributed by atoms with E-state index in [1.54, 1.807) is 12.3 Å². The van der Waals surface area contributed by atoms with Gasteiger partial charge in [0.1, 0.15) is 24.0 Å². The molecule has 0 bridgehead atoms. The lowest BCUT2D eigenvalue weighted by Crippen LogP contribution is -2.09. The molecule has 1 heterocycles. The number of nitrogens with zero attached hydrogens (tertiary/aromatic N) is 2. The SMILES string of the molecule is Cc1cc(F)ccc1OCCn1ccnc1C. The number of halogens is 1. The van der Waals surface area contributed by atoms with Gasteiger partial charge in [-0.3, -0.25) is 0 Å². The molecule has 0 aliphatic carbocycles. The highest BCUT2D eigenvalue weighted by atomic mass is 19.1. The summed E-state index contributed by atoms with van der Waals surface area (Å²) < 4.78 is 20.5. The molecule has 0 saturated carbocycles. The Hall–Kier alpha value is -1.84. The Morgan fingerprint density at radius 2 is 2.18 bits per heavy atom. The van der Waals surface area contributed by atoms with Gasteiger partial charge in [-0.25, -0.2) is 9.37 Å². The second-order valence-corrected chi connectivity index (χ2v) is 3.93. The molecule has 1 aromatic heterocycles. The maximum atomic E-state index is 12.9. The lowest BCUT2D eigenvalue weighted by atomic mass is 10.2. The zero-order chi connectivity index (χ0) is 12.3. The van der Waals surface area contributed by atoms with Crippen molar-refractivity contribution in [2.45, 2.75) is 20.4 Å². The van der Waals surface area contributed by atoms with Crippen molar-refractivity contribution in [3.8, 4) is 5.75 Å². The fourth-order valence-corrected chi connectivity index (χ4v) is 1.67. The summed E-state index contributed by atoms with van der Waals surface area (Å²) in [5.41, 5.74) is 0.812. The summed E-state index contributed by atoms with van der Waals surface area (Å²) in [5.74, 6) is 1.45. The standard InChI is InChI=1S/C13H15FN2O/c1-10-9-12(14)3-4-13(10)17-8-7-16-6-5-15-11(16)2/h3-6,9H,7-8H2,1-2H3. The van der Waals surface area contributed by atoms with E-state index in [1.807, 2.05) is 24.6 Å². The number of benzene rings is 1. The fraction of sp³-hybridized carbons (Fsp3) is 0.308. The number of hydrogen-bond donors (Lipinski definition) is 0. The first kappa shape index (κ1) is 11.6. The first-order valence-corrected chi connectivity index (χ1v) is 5.53. The number of ether oxygens (including phenoxy) is 1. The van der Waals surface area contributed by atoms with Crippen molar-refractivity contribution in [2.24, 2.45) is 0 Å². The van der Waals surface area contributed by atoms with Crippen molar-refractivity contribution < 1.29 is 9.13 Å². The highest BCUT2D eigenvalue weighted by molar-refractivity contribution is 5.32. The Labute approximate surface area is 99.9 Å². The van der Waals surface area contributed by atoms with Gasteiger partial charge >= 0.3 is 0 Å². The minimum Gasteiger partial charge on any atom is -0.491 e. The van der Waals surface area contributed by atoms with E-state index >= 15 is 0 Å². The molecule has 90 valence electrons. The lowest BCUT2D eigenvalue weighted by molar-refractivity contribution is 0.294. The van der Waals surface area contributed by atoms with Crippen LogP contribution in [0.15, 0.2) is 30.6 Å². The van der Waals surface area contributed by atoms with Gasteiger partial charge in [0.05, 0.1) is 6.54 Å². The summed E-state index contributed by atoms with van der Waals surface area (Å²) >= 11 is 0. The maximum absolute atomic E-state index is 12.9. The van der Waals surface area contributed by atoms with E-state index in [1.165, 1.54) is 12.1 Å². The van der Waals surface area contributed by atoms with Gasteiger partial charge in [-0.2, -0.15) is 0 Å². The van der Waals surface area contributed by atoms with E-state index < -0.39 is 0 Å². The van der Waals surface area contributed by atoms with Crippen LogP contribution in [-0.2, 0) is 6.54 Å². The number of rotatable bonds is 4. The van der Waals surface area contributed by atoms with Gasteiger partial charge in [-0.1, -0.05) is 0 Å². The van der Waals surface area contributed by atoms with Crippen LogP contribution in [0.1, 0.15) is 11.4 Å². The Bertz CT molecular complexity index is 508. The third-order valence-corrected chi connectivity index (χ3v) is 2.65. The molecule has 2 rings (SSSR count). The van der Waals surface area contributed by atoms with Gasteiger partial charge in [0, 0.05) is 12.4 Å². The van der Waals surface area contributed by atoms with Crippen molar-refractivity contribution in [1.29, 1.82) is 0 Å². The number of aromatic nitrogens is 2. The predicted molar refractivity (Wildman–Crippen MR) is 63.6 cm³/mol. The molecule has 17 heavy (non-hydrogen) atoms. The van der Waals surface area contributed by atoms with Crippen LogP contribution in [0.3, 0.4) is 0 Å². The zero-order valence-corrected chi connectivity index (χ0v) is 9.98. The van der Waals surface area contributed by atoms with Crippen molar-refractivity contribution in [3.05, 3.63) is 47.8 Å². The molecule has 0 atom stereocenters. The lowest BCUT2D eigenvalue weighted by Gasteiger charge is -2.10. The number of aryl methyl sites for hydroxylation is 2. The maximum Gasteiger partial charge on any atom is 0.123 e. The van der Waals surface area contributed by atoms with E-state index in [-0.39, 0.29) is 5.82 Å². The van der Waals surface area contributed by atoms with Crippen molar-refractivity contribution in [3.63, 3.8) is 0 Å². The first-order valence-electron chi connectivity index (χ1n) is 5.53. The molecular formula is C13H15FN2O. The smallest absolute Gasteiger partial charge is 0.123 e. The molecule has 0 saturated heterocycles. The van der Waals surface area contributed by atoms with Crippen LogP contribution in [0.5, 0.6) is 5.75 Å². The van der Waals surface area contributed by atoms with E-state index in [0.29, 0.717) is 6.61 Å². The van der Waals surface area contributed by atoms with Crippen molar-refractivity contribution >= 4 is 0 Å². The van der Waals surface area contributed by atoms with Crippen LogP contribution in [0.2, 0.25) is 0 Å². The molecule has 2 aromatic rings. The Morgan fingerprint density at radius 1 is 1.35 bits per heavy atom. The average Bonchev–Trinajstić information content (AvgIpc) is 2.68. The zero-order valence-electron chi connectivity index (χ0n) is 9.98. The van der Waals surface area contributed by atoms with Gasteiger partial charge < -0.3 is 9.30 Å². The second-order valence-electron chi connectivity index (χ2n) is 3.93. The van der Waals surface area contributed by atoms with Crippen LogP contribution in [0, 0.1) is 19.7 Å². The predicted octanol–water partition coefficient (Wildman–Crippen LogP) is 2.72. The molecule has 4 heteroatoms. The third kappa shape index (κ3) is 2.84. The summed E-state index contributed by atoms with van der Waals surface area (Å²) in [4.78, 5) is 4.13. The molecule has 0 amide bonds. The largest absolute Gasteiger partial charge is 0.491 e. The molecule has 3 nitrogen and oxygen atoms in total. The highest BCUT2D eigenvalue weighted by Gasteiger charge is 2.02. The highest BCUT2D eigenvalue weighted by Crippen LogP contribution is 2.18. The molecule has 0 spiro atoms. The number of imidazole rings is 1. The van der Waals surface area contributed by atoms with Crippen LogP contribution in [0.25, 0.3) is 0 Å².